The number of carbonyl (C=O) groups is 2. The van der Waals surface area contributed by atoms with Crippen LogP contribution < -0.4 is 5.32 Å². The summed E-state index contributed by atoms with van der Waals surface area (Å²) in [6.07, 6.45) is 4.77. The first kappa shape index (κ1) is 21.0. The van der Waals surface area contributed by atoms with E-state index in [2.05, 4.69) is 10.3 Å². The van der Waals surface area contributed by atoms with E-state index in [9.17, 15) is 18.0 Å². The van der Waals surface area contributed by atoms with Gasteiger partial charge in [0.2, 0.25) is 0 Å². The van der Waals surface area contributed by atoms with Crippen LogP contribution in [0, 0.1) is 13.8 Å². The van der Waals surface area contributed by atoms with Gasteiger partial charge in [0.15, 0.2) is 9.84 Å². The monoisotopic (exact) mass is 415 g/mol. The average Bonchev–Trinajstić information content (AvgIpc) is 3.25. The van der Waals surface area contributed by atoms with Gasteiger partial charge in [-0.05, 0) is 61.6 Å². The van der Waals surface area contributed by atoms with E-state index >= 15 is 0 Å². The first-order valence-corrected chi connectivity index (χ1v) is 11.1. The summed E-state index contributed by atoms with van der Waals surface area (Å²) in [4.78, 5) is 30.2. The maximum atomic E-state index is 13.4. The number of amides is 2. The van der Waals surface area contributed by atoms with Gasteiger partial charge in [0, 0.05) is 32.0 Å². The van der Waals surface area contributed by atoms with E-state index in [-0.39, 0.29) is 11.4 Å². The summed E-state index contributed by atoms with van der Waals surface area (Å²) in [5.74, 6) is -1.40. The molecule has 1 aromatic carbocycles. The second kappa shape index (κ2) is 8.73. The molecule has 1 atom stereocenters. The molecule has 2 heterocycles. The van der Waals surface area contributed by atoms with Crippen molar-refractivity contribution in [2.75, 3.05) is 19.6 Å². The second-order valence-corrected chi connectivity index (χ2v) is 9.41. The van der Waals surface area contributed by atoms with E-state index in [0.29, 0.717) is 18.7 Å². The minimum Gasteiger partial charge on any atom is -0.346 e. The molecule has 0 unspecified atom stereocenters. The molecule has 1 aromatic heterocycles. The lowest BCUT2D eigenvalue weighted by molar-refractivity contribution is -0.145. The van der Waals surface area contributed by atoms with Crippen LogP contribution in [0.2, 0.25) is 0 Å². The highest BCUT2D eigenvalue weighted by Gasteiger charge is 2.32. The van der Waals surface area contributed by atoms with Crippen molar-refractivity contribution in [1.29, 1.82) is 0 Å². The van der Waals surface area contributed by atoms with E-state index < -0.39 is 26.9 Å². The number of pyridine rings is 1. The molecule has 0 radical (unpaired) electrons. The van der Waals surface area contributed by atoms with Gasteiger partial charge in [0.05, 0.1) is 4.90 Å². The molecule has 0 saturated carbocycles. The number of benzene rings is 1. The molecule has 1 saturated heterocycles. The van der Waals surface area contributed by atoms with Crippen LogP contribution >= 0.6 is 0 Å². The highest BCUT2D eigenvalue weighted by molar-refractivity contribution is 7.91. The summed E-state index contributed by atoms with van der Waals surface area (Å²) in [6, 6.07) is 8.27. The standard InChI is InChI=1S/C21H25N3O4S/c1-15-7-8-18(12-16(15)2)29(27,28)19(17-6-5-9-22-13-17)14-23-20(25)21(26)24-10-3-4-11-24/h5-9,12-13,19H,3-4,10-11,14H2,1-2H3,(H,23,25)/t19-/m1/s1. The number of likely N-dealkylation sites (tertiary alicyclic amines) is 1. The molecule has 2 amide bonds. The third-order valence-electron chi connectivity index (χ3n) is 5.27. The van der Waals surface area contributed by atoms with Crippen LogP contribution in [0.3, 0.4) is 0 Å². The molecular formula is C21H25N3O4S. The lowest BCUT2D eigenvalue weighted by Crippen LogP contribution is -2.43. The topological polar surface area (TPSA) is 96.4 Å². The highest BCUT2D eigenvalue weighted by Crippen LogP contribution is 2.29. The molecular weight excluding hydrogens is 390 g/mol. The Morgan fingerprint density at radius 3 is 2.48 bits per heavy atom. The number of rotatable bonds is 5. The zero-order chi connectivity index (χ0) is 21.0. The Balaban J connectivity index is 1.86. The van der Waals surface area contributed by atoms with Crippen molar-refractivity contribution in [2.45, 2.75) is 36.8 Å². The zero-order valence-corrected chi connectivity index (χ0v) is 17.4. The number of hydrogen-bond donors (Lipinski definition) is 1. The first-order valence-electron chi connectivity index (χ1n) is 9.59. The van der Waals surface area contributed by atoms with Crippen LogP contribution in [-0.2, 0) is 19.4 Å². The number of aromatic nitrogens is 1. The maximum Gasteiger partial charge on any atom is 0.311 e. The van der Waals surface area contributed by atoms with Crippen LogP contribution in [0.5, 0.6) is 0 Å². The van der Waals surface area contributed by atoms with E-state index in [4.69, 9.17) is 0 Å². The number of hydrogen-bond acceptors (Lipinski definition) is 5. The minimum atomic E-state index is -3.81. The van der Waals surface area contributed by atoms with Crippen LogP contribution in [-0.4, -0.2) is 49.8 Å². The van der Waals surface area contributed by atoms with Gasteiger partial charge in [0.1, 0.15) is 5.25 Å². The summed E-state index contributed by atoms with van der Waals surface area (Å²) in [5, 5.41) is 1.48. The first-order chi connectivity index (χ1) is 13.8. The lowest BCUT2D eigenvalue weighted by Gasteiger charge is -2.20. The Morgan fingerprint density at radius 1 is 1.14 bits per heavy atom. The predicted octanol–water partition coefficient (Wildman–Crippen LogP) is 1.95. The molecule has 0 spiro atoms. The molecule has 1 aliphatic heterocycles. The molecule has 0 bridgehead atoms. The molecule has 7 nitrogen and oxygen atoms in total. The number of nitrogens with zero attached hydrogens (tertiary/aromatic N) is 2. The smallest absolute Gasteiger partial charge is 0.311 e. The van der Waals surface area contributed by atoms with Gasteiger partial charge in [-0.25, -0.2) is 8.42 Å². The number of carbonyl (C=O) groups excluding carboxylic acids is 2. The van der Waals surface area contributed by atoms with Crippen molar-refractivity contribution < 1.29 is 18.0 Å². The van der Waals surface area contributed by atoms with Crippen LogP contribution in [0.25, 0.3) is 0 Å². The maximum absolute atomic E-state index is 13.4. The van der Waals surface area contributed by atoms with E-state index in [0.717, 1.165) is 24.0 Å². The van der Waals surface area contributed by atoms with E-state index in [1.165, 1.54) is 11.1 Å². The molecule has 3 rings (SSSR count). The average molecular weight is 416 g/mol. The Labute approximate surface area is 171 Å². The van der Waals surface area contributed by atoms with Gasteiger partial charge in [-0.2, -0.15) is 0 Å². The van der Waals surface area contributed by atoms with Crippen LogP contribution in [0.4, 0.5) is 0 Å². The van der Waals surface area contributed by atoms with Gasteiger partial charge in [-0.3, -0.25) is 14.6 Å². The van der Waals surface area contributed by atoms with Crippen molar-refractivity contribution in [3.05, 3.63) is 59.4 Å². The largest absolute Gasteiger partial charge is 0.346 e. The van der Waals surface area contributed by atoms with Crippen LogP contribution in [0.15, 0.2) is 47.6 Å². The summed E-state index contributed by atoms with van der Waals surface area (Å²) >= 11 is 0. The molecule has 2 aromatic rings. The van der Waals surface area contributed by atoms with Crippen LogP contribution in [0.1, 0.15) is 34.8 Å². The zero-order valence-electron chi connectivity index (χ0n) is 16.6. The molecule has 8 heteroatoms. The van der Waals surface area contributed by atoms with Gasteiger partial charge < -0.3 is 10.2 Å². The summed E-state index contributed by atoms with van der Waals surface area (Å²) < 4.78 is 26.7. The number of nitrogens with one attached hydrogen (secondary N) is 1. The number of sulfone groups is 1. The fraction of sp³-hybridized carbons (Fsp3) is 0.381. The third-order valence-corrected chi connectivity index (χ3v) is 7.37. The molecule has 1 N–H and O–H groups in total. The highest BCUT2D eigenvalue weighted by atomic mass is 32.2. The molecule has 0 aliphatic carbocycles. The van der Waals surface area contributed by atoms with Crippen molar-refractivity contribution in [2.24, 2.45) is 0 Å². The van der Waals surface area contributed by atoms with Gasteiger partial charge in [0.25, 0.3) is 0 Å². The van der Waals surface area contributed by atoms with Crippen molar-refractivity contribution in [3.63, 3.8) is 0 Å². The van der Waals surface area contributed by atoms with Crippen molar-refractivity contribution in [1.82, 2.24) is 15.2 Å². The molecule has 1 aliphatic rings. The Kier molecular flexibility index (Phi) is 6.32. The fourth-order valence-electron chi connectivity index (χ4n) is 3.35. The third kappa shape index (κ3) is 4.64. The van der Waals surface area contributed by atoms with Gasteiger partial charge in [-0.15, -0.1) is 0 Å². The molecule has 154 valence electrons. The van der Waals surface area contributed by atoms with E-state index in [1.807, 2.05) is 13.8 Å². The quantitative estimate of drug-likeness (QED) is 0.753. The normalized spacial score (nSPS) is 15.2. The second-order valence-electron chi connectivity index (χ2n) is 7.28. The SMILES string of the molecule is Cc1ccc(S(=O)(=O)[C@H](CNC(=O)C(=O)N2CCCC2)c2cccnc2)cc1C. The summed E-state index contributed by atoms with van der Waals surface area (Å²) in [5.41, 5.74) is 2.32. The Hall–Kier alpha value is -2.74. The van der Waals surface area contributed by atoms with Crippen molar-refractivity contribution in [3.8, 4) is 0 Å². The van der Waals surface area contributed by atoms with Crippen molar-refractivity contribution >= 4 is 21.7 Å². The summed E-state index contributed by atoms with van der Waals surface area (Å²) in [7, 11) is -3.81. The van der Waals surface area contributed by atoms with Gasteiger partial charge in [-0.1, -0.05) is 12.1 Å². The van der Waals surface area contributed by atoms with E-state index in [1.54, 1.807) is 36.5 Å². The van der Waals surface area contributed by atoms with Gasteiger partial charge >= 0.3 is 11.8 Å². The fourth-order valence-corrected chi connectivity index (χ4v) is 5.08. The Bertz CT molecular complexity index is 1000. The lowest BCUT2D eigenvalue weighted by atomic mass is 10.1. The molecule has 1 fully saturated rings. The predicted molar refractivity (Wildman–Crippen MR) is 109 cm³/mol. The number of aryl methyl sites for hydroxylation is 2. The minimum absolute atomic E-state index is 0.176. The molecule has 29 heavy (non-hydrogen) atoms. The Morgan fingerprint density at radius 2 is 1.86 bits per heavy atom. The summed E-state index contributed by atoms with van der Waals surface area (Å²) in [6.45, 7) is 4.66.